The zero-order valence-electron chi connectivity index (χ0n) is 57.8. The Kier molecular flexibility index (Phi) is 43.9. The molecule has 0 aromatic heterocycles. The molecule has 560 valence electrons. The fourth-order valence-corrected chi connectivity index (χ4v) is 13.1. The summed E-state index contributed by atoms with van der Waals surface area (Å²) >= 11 is 0. The maximum atomic E-state index is 13.7. The van der Waals surface area contributed by atoms with Gasteiger partial charge in [0.25, 0.3) is 0 Å². The molecule has 4 fully saturated rings. The van der Waals surface area contributed by atoms with Gasteiger partial charge in [-0.15, -0.1) is 0 Å². The number of hydrogen-bond acceptors (Lipinski definition) is 24. The summed E-state index contributed by atoms with van der Waals surface area (Å²) in [6.07, 6.45) is 1.52. The molecule has 24 atom stereocenters. The first kappa shape index (κ1) is 85.5. The maximum Gasteiger partial charge on any atom is 0.249 e. The second-order valence-corrected chi connectivity index (χ2v) is 27.5. The van der Waals surface area contributed by atoms with Gasteiger partial charge in [-0.25, -0.2) is 0 Å². The van der Waals surface area contributed by atoms with Gasteiger partial charge in [-0.05, 0) is 19.8 Å². The number of carbonyl (C=O) groups is 2. The highest BCUT2D eigenvalue weighted by Gasteiger charge is 2.53. The van der Waals surface area contributed by atoms with Crippen LogP contribution in [0.15, 0.2) is 0 Å². The van der Waals surface area contributed by atoms with Gasteiger partial charge < -0.3 is 120 Å². The molecule has 95 heavy (non-hydrogen) atoms. The molecule has 0 aromatic rings. The second kappa shape index (κ2) is 48.8. The number of aliphatic hydroxyl groups excluding tert-OH is 14. The number of rotatable bonds is 53. The Hall–Kier alpha value is -1.94. The third-order valence-electron chi connectivity index (χ3n) is 19.2. The number of aliphatic hydroxyl groups is 14. The van der Waals surface area contributed by atoms with Crippen LogP contribution in [0, 0.1) is 0 Å². The SMILES string of the molecule is CCCCCCCCCCCCCCCCCCCCC(O)C(=O)NC(COC1OC(CO)C(O)C(O)C1OC1OC(COC2OC(COC3OC(C(C)O)C(O)C3O)C(O)C(O)C2NC(C)=O)C(O)C(O)C1O)C(O)C(O)CCCCCCCCCCCCCCCCC. The van der Waals surface area contributed by atoms with Crippen LogP contribution >= 0.6 is 0 Å². The van der Waals surface area contributed by atoms with E-state index in [0.717, 1.165) is 64.7 Å². The highest BCUT2D eigenvalue weighted by Crippen LogP contribution is 2.33. The minimum atomic E-state index is -2.09. The van der Waals surface area contributed by atoms with Gasteiger partial charge in [-0.3, -0.25) is 9.59 Å². The fraction of sp³-hybridized carbons (Fsp3) is 0.971. The molecule has 2 amide bonds. The summed E-state index contributed by atoms with van der Waals surface area (Å²) in [6, 6.07) is -2.92. The summed E-state index contributed by atoms with van der Waals surface area (Å²) in [5, 5.41) is 159. The monoisotopic (exact) mass is 1370 g/mol. The third-order valence-corrected chi connectivity index (χ3v) is 19.2. The number of nitrogens with one attached hydrogen (secondary N) is 2. The van der Waals surface area contributed by atoms with Gasteiger partial charge in [0, 0.05) is 6.92 Å². The van der Waals surface area contributed by atoms with Crippen molar-refractivity contribution < 1.29 is 119 Å². The average Bonchev–Trinajstić information content (AvgIpc) is 1.38. The van der Waals surface area contributed by atoms with Gasteiger partial charge in [0.1, 0.15) is 104 Å². The number of carbonyl (C=O) groups excluding carboxylic acids is 2. The lowest BCUT2D eigenvalue weighted by Crippen LogP contribution is -2.66. The molecular weight excluding hydrogens is 1240 g/mol. The Morgan fingerprint density at radius 2 is 0.832 bits per heavy atom. The molecule has 0 saturated carbocycles. The number of ether oxygens (including phenoxy) is 8. The Bertz CT molecular complexity index is 1960. The van der Waals surface area contributed by atoms with E-state index in [9.17, 15) is 81.1 Å². The van der Waals surface area contributed by atoms with Crippen molar-refractivity contribution >= 4 is 11.8 Å². The van der Waals surface area contributed by atoms with E-state index in [1.54, 1.807) is 0 Å². The molecule has 0 radical (unpaired) electrons. The molecule has 0 spiro atoms. The van der Waals surface area contributed by atoms with Crippen molar-refractivity contribution in [1.82, 2.24) is 10.6 Å². The Morgan fingerprint density at radius 1 is 0.432 bits per heavy atom. The van der Waals surface area contributed by atoms with E-state index >= 15 is 0 Å². The summed E-state index contributed by atoms with van der Waals surface area (Å²) in [7, 11) is 0. The average molecular weight is 1370 g/mol. The van der Waals surface area contributed by atoms with Gasteiger partial charge in [0.2, 0.25) is 11.8 Å². The van der Waals surface area contributed by atoms with Crippen molar-refractivity contribution in [1.29, 1.82) is 0 Å². The Balaban J connectivity index is 1.38. The zero-order chi connectivity index (χ0) is 69.7. The summed E-state index contributed by atoms with van der Waals surface area (Å²) in [5.41, 5.74) is 0. The van der Waals surface area contributed by atoms with Crippen LogP contribution in [-0.4, -0.2) is 257 Å². The van der Waals surface area contributed by atoms with Crippen LogP contribution in [0.1, 0.15) is 252 Å². The van der Waals surface area contributed by atoms with Gasteiger partial charge in [0.15, 0.2) is 25.2 Å². The highest BCUT2D eigenvalue weighted by atomic mass is 16.8. The normalized spacial score (nSPS) is 32.0. The molecule has 0 aliphatic carbocycles. The van der Waals surface area contributed by atoms with Crippen molar-refractivity contribution in [3.05, 3.63) is 0 Å². The van der Waals surface area contributed by atoms with E-state index in [1.165, 1.54) is 148 Å². The standard InChI is InChI=1S/C69H130N2O24/c1-5-7-9-11-13-15-17-19-21-22-23-25-27-29-31-33-35-37-39-48(76)65(87)71-46(53(77)47(75)38-36-34-32-30-28-26-24-20-18-16-14-12-10-8-6-2)41-88-69-64(59(83)54(78)49(40-72)91-69)95-68-61(85)58(82)56(80)51(93-68)42-89-66-52(70-45(4)74)57(81)55(79)50(92-66)43-90-67-62(86)60(84)63(94-67)44(3)73/h44,46-64,66-69,72-73,75-86H,5-43H2,1-4H3,(H,70,74)(H,71,87). The molecule has 16 N–H and O–H groups in total. The molecule has 0 aromatic carbocycles. The zero-order valence-corrected chi connectivity index (χ0v) is 57.8. The molecule has 4 rings (SSSR count). The lowest BCUT2D eigenvalue weighted by molar-refractivity contribution is -0.371. The topological polar surface area (TPSA) is 415 Å². The molecule has 4 heterocycles. The summed E-state index contributed by atoms with van der Waals surface area (Å²) in [4.78, 5) is 26.0. The molecule has 0 bridgehead atoms. The fourth-order valence-electron chi connectivity index (χ4n) is 13.1. The van der Waals surface area contributed by atoms with Crippen molar-refractivity contribution in [3.63, 3.8) is 0 Å². The third kappa shape index (κ3) is 30.7. The lowest BCUT2D eigenvalue weighted by Gasteiger charge is -2.47. The number of unbranched alkanes of at least 4 members (excludes halogenated alkanes) is 31. The van der Waals surface area contributed by atoms with Gasteiger partial charge in [-0.2, -0.15) is 0 Å². The van der Waals surface area contributed by atoms with Crippen molar-refractivity contribution in [2.45, 2.75) is 400 Å². The first-order valence-corrected chi connectivity index (χ1v) is 36.8. The number of hydrogen-bond donors (Lipinski definition) is 16. The van der Waals surface area contributed by atoms with Crippen molar-refractivity contribution in [3.8, 4) is 0 Å². The van der Waals surface area contributed by atoms with E-state index < -0.39 is 185 Å². The van der Waals surface area contributed by atoms with E-state index in [-0.39, 0.29) is 12.8 Å². The molecule has 24 unspecified atom stereocenters. The predicted molar refractivity (Wildman–Crippen MR) is 351 cm³/mol. The maximum absolute atomic E-state index is 13.7. The Labute approximate surface area is 565 Å². The highest BCUT2D eigenvalue weighted by molar-refractivity contribution is 5.80. The van der Waals surface area contributed by atoms with E-state index in [1.807, 2.05) is 0 Å². The first-order valence-electron chi connectivity index (χ1n) is 36.8. The molecule has 26 nitrogen and oxygen atoms in total. The molecular formula is C69H130N2O24. The van der Waals surface area contributed by atoms with Crippen LogP contribution in [0.5, 0.6) is 0 Å². The van der Waals surface area contributed by atoms with Crippen molar-refractivity contribution in [2.75, 3.05) is 26.4 Å². The summed E-state index contributed by atoms with van der Waals surface area (Å²) in [5.74, 6) is -1.53. The molecule has 26 heteroatoms. The van der Waals surface area contributed by atoms with E-state index in [2.05, 4.69) is 24.5 Å². The minimum absolute atomic E-state index is 0.126. The van der Waals surface area contributed by atoms with Gasteiger partial charge in [0.05, 0.1) is 44.7 Å². The summed E-state index contributed by atoms with van der Waals surface area (Å²) in [6.45, 7) is 4.01. The largest absolute Gasteiger partial charge is 0.394 e. The van der Waals surface area contributed by atoms with E-state index in [0.29, 0.717) is 12.8 Å². The van der Waals surface area contributed by atoms with Crippen LogP contribution in [0.2, 0.25) is 0 Å². The molecule has 4 saturated heterocycles. The summed E-state index contributed by atoms with van der Waals surface area (Å²) < 4.78 is 46.7. The second-order valence-electron chi connectivity index (χ2n) is 27.5. The quantitative estimate of drug-likeness (QED) is 0.0386. The number of amides is 2. The predicted octanol–water partition coefficient (Wildman–Crippen LogP) is 3.71. The molecule has 4 aliphatic rings. The Morgan fingerprint density at radius 3 is 1.27 bits per heavy atom. The van der Waals surface area contributed by atoms with Crippen LogP contribution < -0.4 is 10.6 Å². The lowest BCUT2D eigenvalue weighted by atomic mass is 9.96. The van der Waals surface area contributed by atoms with Crippen LogP contribution in [-0.2, 0) is 47.5 Å². The minimum Gasteiger partial charge on any atom is -0.394 e. The van der Waals surface area contributed by atoms with Gasteiger partial charge in [-0.1, -0.05) is 226 Å². The van der Waals surface area contributed by atoms with Crippen LogP contribution in [0.3, 0.4) is 0 Å². The van der Waals surface area contributed by atoms with Gasteiger partial charge >= 0.3 is 0 Å². The van der Waals surface area contributed by atoms with Crippen molar-refractivity contribution in [2.24, 2.45) is 0 Å². The van der Waals surface area contributed by atoms with E-state index in [4.69, 9.17) is 37.9 Å². The van der Waals surface area contributed by atoms with Crippen LogP contribution in [0.25, 0.3) is 0 Å². The molecule has 4 aliphatic heterocycles. The van der Waals surface area contributed by atoms with Crippen LogP contribution in [0.4, 0.5) is 0 Å². The first-order chi connectivity index (χ1) is 45.7. The smallest absolute Gasteiger partial charge is 0.249 e.